The van der Waals surface area contributed by atoms with Gasteiger partial charge in [-0.1, -0.05) is 27.5 Å². The summed E-state index contributed by atoms with van der Waals surface area (Å²) in [6.07, 6.45) is 0.246. The van der Waals surface area contributed by atoms with Crippen LogP contribution in [0.3, 0.4) is 0 Å². The van der Waals surface area contributed by atoms with Crippen LogP contribution in [0.15, 0.2) is 22.7 Å². The molecule has 0 spiro atoms. The fourth-order valence-electron chi connectivity index (χ4n) is 0.952. The third-order valence-corrected chi connectivity index (χ3v) is 2.17. The zero-order valence-corrected chi connectivity index (χ0v) is 9.35. The molecule has 2 nitrogen and oxygen atoms in total. The summed E-state index contributed by atoms with van der Waals surface area (Å²) in [6.45, 7) is 0. The van der Waals surface area contributed by atoms with Crippen molar-refractivity contribution < 1.29 is 9.53 Å². The Morgan fingerprint density at radius 2 is 2.23 bits per heavy atom. The second-order valence-electron chi connectivity index (χ2n) is 2.53. The van der Waals surface area contributed by atoms with E-state index in [1.165, 1.54) is 7.11 Å². The van der Waals surface area contributed by atoms with Crippen molar-refractivity contribution in [3.8, 4) is 0 Å². The van der Waals surface area contributed by atoms with Gasteiger partial charge in [0, 0.05) is 9.50 Å². The van der Waals surface area contributed by atoms with Crippen LogP contribution in [-0.4, -0.2) is 13.1 Å². The summed E-state index contributed by atoms with van der Waals surface area (Å²) in [5.41, 5.74) is 0.839. The number of carbonyl (C=O) groups excluding carboxylic acids is 1. The maximum Gasteiger partial charge on any atom is 0.309 e. The highest BCUT2D eigenvalue weighted by atomic mass is 79.9. The normalized spacial score (nSPS) is 9.77. The van der Waals surface area contributed by atoms with E-state index in [2.05, 4.69) is 20.7 Å². The highest BCUT2D eigenvalue weighted by molar-refractivity contribution is 9.10. The molecule has 0 fully saturated rings. The number of carbonyl (C=O) groups is 1. The van der Waals surface area contributed by atoms with E-state index in [4.69, 9.17) is 11.6 Å². The quantitative estimate of drug-likeness (QED) is 0.767. The van der Waals surface area contributed by atoms with Crippen LogP contribution in [-0.2, 0) is 16.0 Å². The van der Waals surface area contributed by atoms with Crippen molar-refractivity contribution in [1.82, 2.24) is 0 Å². The third kappa shape index (κ3) is 3.36. The first-order chi connectivity index (χ1) is 6.11. The number of rotatable bonds is 2. The lowest BCUT2D eigenvalue weighted by molar-refractivity contribution is -0.139. The molecule has 0 N–H and O–H groups in total. The zero-order chi connectivity index (χ0) is 9.84. The van der Waals surface area contributed by atoms with Gasteiger partial charge in [-0.3, -0.25) is 4.79 Å². The Labute approximate surface area is 90.0 Å². The molecule has 1 rings (SSSR count). The molecule has 0 bridgehead atoms. The van der Waals surface area contributed by atoms with E-state index in [-0.39, 0.29) is 12.4 Å². The molecule has 0 amide bonds. The zero-order valence-electron chi connectivity index (χ0n) is 7.01. The van der Waals surface area contributed by atoms with E-state index >= 15 is 0 Å². The molecule has 0 aliphatic heterocycles. The molecule has 1 aromatic carbocycles. The van der Waals surface area contributed by atoms with Crippen molar-refractivity contribution in [2.45, 2.75) is 6.42 Å². The van der Waals surface area contributed by atoms with Gasteiger partial charge >= 0.3 is 5.97 Å². The van der Waals surface area contributed by atoms with Gasteiger partial charge in [0.2, 0.25) is 0 Å². The Morgan fingerprint density at radius 3 is 2.77 bits per heavy atom. The molecule has 1 aromatic rings. The molecule has 0 aromatic heterocycles. The summed E-state index contributed by atoms with van der Waals surface area (Å²) < 4.78 is 5.40. The van der Waals surface area contributed by atoms with E-state index in [9.17, 15) is 4.79 Å². The number of esters is 1. The van der Waals surface area contributed by atoms with Crippen LogP contribution < -0.4 is 0 Å². The summed E-state index contributed by atoms with van der Waals surface area (Å²) in [6, 6.07) is 5.34. The molecule has 70 valence electrons. The second-order valence-corrected chi connectivity index (χ2v) is 3.88. The maximum absolute atomic E-state index is 10.9. The minimum Gasteiger partial charge on any atom is -0.469 e. The van der Waals surface area contributed by atoms with Gasteiger partial charge in [-0.2, -0.15) is 0 Å². The van der Waals surface area contributed by atoms with Crippen LogP contribution in [0.2, 0.25) is 5.02 Å². The molecule has 4 heteroatoms. The van der Waals surface area contributed by atoms with Gasteiger partial charge in [-0.05, 0) is 23.8 Å². The van der Waals surface area contributed by atoms with Gasteiger partial charge in [0.05, 0.1) is 13.5 Å². The Balaban J connectivity index is 2.83. The van der Waals surface area contributed by atoms with E-state index < -0.39 is 0 Å². The minimum absolute atomic E-state index is 0.246. The van der Waals surface area contributed by atoms with Crippen LogP contribution in [0.1, 0.15) is 5.56 Å². The van der Waals surface area contributed by atoms with Crippen molar-refractivity contribution >= 4 is 33.5 Å². The lowest BCUT2D eigenvalue weighted by Crippen LogP contribution is -2.04. The van der Waals surface area contributed by atoms with E-state index in [0.29, 0.717) is 5.02 Å². The van der Waals surface area contributed by atoms with Crippen LogP contribution in [0.25, 0.3) is 0 Å². The molecule has 0 saturated heterocycles. The second kappa shape index (κ2) is 4.63. The number of benzene rings is 1. The Morgan fingerprint density at radius 1 is 1.54 bits per heavy atom. The van der Waals surface area contributed by atoms with Crippen molar-refractivity contribution in [3.05, 3.63) is 33.3 Å². The third-order valence-electron chi connectivity index (χ3n) is 1.50. The standard InChI is InChI=1S/C9H8BrClO2/c1-13-9(12)4-6-2-7(10)5-8(11)3-6/h2-3,5H,4H2,1H3. The Kier molecular flexibility index (Phi) is 3.75. The smallest absolute Gasteiger partial charge is 0.309 e. The average molecular weight is 264 g/mol. The number of ether oxygens (including phenoxy) is 1. The summed E-state index contributed by atoms with van der Waals surface area (Å²) in [7, 11) is 1.36. The van der Waals surface area contributed by atoms with Crippen molar-refractivity contribution in [3.63, 3.8) is 0 Å². The monoisotopic (exact) mass is 262 g/mol. The van der Waals surface area contributed by atoms with Crippen LogP contribution in [0.5, 0.6) is 0 Å². The molecular formula is C9H8BrClO2. The van der Waals surface area contributed by atoms with Crippen LogP contribution >= 0.6 is 27.5 Å². The first-order valence-electron chi connectivity index (χ1n) is 3.63. The predicted octanol–water partition coefficient (Wildman–Crippen LogP) is 2.82. The molecule has 0 aliphatic rings. The van der Waals surface area contributed by atoms with Crippen molar-refractivity contribution in [1.29, 1.82) is 0 Å². The molecule has 13 heavy (non-hydrogen) atoms. The number of methoxy groups -OCH3 is 1. The molecule has 0 heterocycles. The lowest BCUT2D eigenvalue weighted by Gasteiger charge is -2.01. The van der Waals surface area contributed by atoms with Gasteiger partial charge in [0.25, 0.3) is 0 Å². The molecule has 0 atom stereocenters. The van der Waals surface area contributed by atoms with Crippen molar-refractivity contribution in [2.75, 3.05) is 7.11 Å². The summed E-state index contributed by atoms with van der Waals surface area (Å²) in [4.78, 5) is 10.9. The summed E-state index contributed by atoms with van der Waals surface area (Å²) in [5.74, 6) is -0.269. The SMILES string of the molecule is COC(=O)Cc1cc(Cl)cc(Br)c1. The largest absolute Gasteiger partial charge is 0.469 e. The lowest BCUT2D eigenvalue weighted by atomic mass is 10.1. The number of halogens is 2. The minimum atomic E-state index is -0.269. The van der Waals surface area contributed by atoms with E-state index in [1.54, 1.807) is 12.1 Å². The van der Waals surface area contributed by atoms with E-state index in [1.807, 2.05) is 6.07 Å². The average Bonchev–Trinajstić information content (AvgIpc) is 2.02. The Bertz CT molecular complexity index is 305. The van der Waals surface area contributed by atoms with Crippen LogP contribution in [0, 0.1) is 0 Å². The molecular weight excluding hydrogens is 255 g/mol. The molecule has 0 saturated carbocycles. The van der Waals surface area contributed by atoms with Gasteiger partial charge in [0.1, 0.15) is 0 Å². The first-order valence-corrected chi connectivity index (χ1v) is 4.80. The Hall–Kier alpha value is -0.540. The summed E-state index contributed by atoms with van der Waals surface area (Å²) in [5, 5.41) is 0.605. The van der Waals surface area contributed by atoms with Crippen molar-refractivity contribution in [2.24, 2.45) is 0 Å². The first kappa shape index (κ1) is 10.5. The van der Waals surface area contributed by atoms with Gasteiger partial charge < -0.3 is 4.74 Å². The molecule has 0 radical (unpaired) electrons. The van der Waals surface area contributed by atoms with Crippen LogP contribution in [0.4, 0.5) is 0 Å². The topological polar surface area (TPSA) is 26.3 Å². The molecule has 0 unspecified atom stereocenters. The number of hydrogen-bond acceptors (Lipinski definition) is 2. The van der Waals surface area contributed by atoms with E-state index in [0.717, 1.165) is 10.0 Å². The van der Waals surface area contributed by atoms with Gasteiger partial charge in [-0.15, -0.1) is 0 Å². The van der Waals surface area contributed by atoms with Gasteiger partial charge in [0.15, 0.2) is 0 Å². The maximum atomic E-state index is 10.9. The highest BCUT2D eigenvalue weighted by Crippen LogP contribution is 2.19. The fraction of sp³-hybridized carbons (Fsp3) is 0.222. The van der Waals surface area contributed by atoms with Gasteiger partial charge in [-0.25, -0.2) is 0 Å². The fourth-order valence-corrected chi connectivity index (χ4v) is 1.88. The molecule has 0 aliphatic carbocycles. The predicted molar refractivity (Wildman–Crippen MR) is 54.9 cm³/mol. The number of hydrogen-bond donors (Lipinski definition) is 0. The summed E-state index contributed by atoms with van der Waals surface area (Å²) >= 11 is 9.08. The highest BCUT2D eigenvalue weighted by Gasteiger charge is 2.04.